The number of hydrogen-bond donors (Lipinski definition) is 1. The Hall–Kier alpha value is -7.38. The van der Waals surface area contributed by atoms with E-state index in [0.29, 0.717) is 32.7 Å². The minimum atomic E-state index is -4.22. The molecule has 384 valence electrons. The van der Waals surface area contributed by atoms with Crippen molar-refractivity contribution in [1.29, 1.82) is 0 Å². The van der Waals surface area contributed by atoms with Gasteiger partial charge in [0.15, 0.2) is 19.7 Å². The van der Waals surface area contributed by atoms with Gasteiger partial charge in [0.2, 0.25) is 0 Å². The van der Waals surface area contributed by atoms with Crippen LogP contribution in [0, 0.1) is 27.7 Å². The number of carbonyl (C=O) groups is 2. The minimum Gasteiger partial charge on any atom is -0.480 e. The summed E-state index contributed by atoms with van der Waals surface area (Å²) in [7, 11) is -15.7. The molecule has 0 heterocycles. The van der Waals surface area contributed by atoms with Gasteiger partial charge >= 0.3 is 11.9 Å². The molecule has 0 aliphatic carbocycles. The standard InChI is InChI=1S/C29H29NO6S2.C27H25NO6S2/c1-4-36-29(31)19-30(38(34,35)25-16-11-22(3)12-17-25)28-18-13-23(26-7-5-6-8-27(26)28)20-37(32,33)24-14-9-21(2)10-15-24;1-19-7-12-22(13-8-19)35(31,32)18-21-11-16-26(25-6-4-3-5-24(21)25)28(17-27(29)30)36(33,34)23-14-9-20(2)10-15-23/h5-18H,4,19-20H2,1-3H3;3-16H,17-18H2,1-2H3,(H,29,30). The van der Waals surface area contributed by atoms with Gasteiger partial charge in [0.05, 0.1) is 49.1 Å². The molecule has 0 aliphatic heterocycles. The van der Waals surface area contributed by atoms with Crippen LogP contribution in [0.5, 0.6) is 0 Å². The maximum Gasteiger partial charge on any atom is 0.326 e. The smallest absolute Gasteiger partial charge is 0.326 e. The number of esters is 1. The van der Waals surface area contributed by atoms with E-state index in [1.807, 2.05) is 27.7 Å². The lowest BCUT2D eigenvalue weighted by molar-refractivity contribution is -0.141. The first-order valence-corrected chi connectivity index (χ1v) is 29.4. The molecule has 0 saturated carbocycles. The van der Waals surface area contributed by atoms with Crippen molar-refractivity contribution in [1.82, 2.24) is 0 Å². The Labute approximate surface area is 432 Å². The predicted molar refractivity (Wildman–Crippen MR) is 288 cm³/mol. The Bertz CT molecular complexity index is 3830. The van der Waals surface area contributed by atoms with Crippen LogP contribution in [0.1, 0.15) is 40.3 Å². The number of anilines is 2. The van der Waals surface area contributed by atoms with E-state index < -0.39 is 64.7 Å². The molecule has 0 unspecified atom stereocenters. The largest absolute Gasteiger partial charge is 0.480 e. The molecule has 74 heavy (non-hydrogen) atoms. The predicted octanol–water partition coefficient (Wildman–Crippen LogP) is 9.90. The molecule has 0 aliphatic rings. The maximum absolute atomic E-state index is 13.8. The average molecular weight is 1080 g/mol. The number of nitrogens with zero attached hydrogens (tertiary/aromatic N) is 2. The molecule has 0 amide bonds. The summed E-state index contributed by atoms with van der Waals surface area (Å²) < 4.78 is 114. The van der Waals surface area contributed by atoms with Crippen LogP contribution in [0.15, 0.2) is 189 Å². The van der Waals surface area contributed by atoms with Gasteiger partial charge in [-0.05, 0) is 117 Å². The number of rotatable bonds is 17. The summed E-state index contributed by atoms with van der Waals surface area (Å²) in [6, 6.07) is 45.7. The van der Waals surface area contributed by atoms with Gasteiger partial charge in [-0.25, -0.2) is 33.7 Å². The molecule has 0 spiro atoms. The molecule has 0 fully saturated rings. The molecular weight excluding hydrogens is 1020 g/mol. The van der Waals surface area contributed by atoms with Gasteiger partial charge in [-0.3, -0.25) is 18.2 Å². The SMILES string of the molecule is CCOC(=O)CN(c1ccc(CS(=O)(=O)c2ccc(C)cc2)c2ccccc12)S(=O)(=O)c1ccc(C)cc1.Cc1ccc(S(=O)(=O)Cc2ccc(N(CC(=O)O)S(=O)(=O)c3ccc(C)cc3)c3ccccc23)cc1. The Morgan fingerprint density at radius 3 is 1.05 bits per heavy atom. The zero-order valence-corrected chi connectivity index (χ0v) is 44.4. The molecule has 0 aromatic heterocycles. The van der Waals surface area contributed by atoms with E-state index in [-0.39, 0.29) is 49.1 Å². The zero-order valence-electron chi connectivity index (χ0n) is 41.2. The fraction of sp³-hybridized carbons (Fsp3) is 0.179. The van der Waals surface area contributed by atoms with Crippen molar-refractivity contribution in [2.75, 3.05) is 28.3 Å². The molecule has 18 heteroatoms. The molecular formula is C56H54N2O12S4. The normalized spacial score (nSPS) is 11.9. The number of carboxylic acid groups (broad SMARTS) is 1. The van der Waals surface area contributed by atoms with Gasteiger partial charge in [-0.1, -0.05) is 131 Å². The number of hydrogen-bond acceptors (Lipinski definition) is 11. The van der Waals surface area contributed by atoms with Crippen LogP contribution in [0.25, 0.3) is 21.5 Å². The third kappa shape index (κ3) is 12.3. The van der Waals surface area contributed by atoms with Crippen molar-refractivity contribution >= 4 is 84.6 Å². The number of carbonyl (C=O) groups excluding carboxylic acids is 1. The van der Waals surface area contributed by atoms with Gasteiger partial charge < -0.3 is 9.84 Å². The number of aliphatic carboxylic acids is 1. The lowest BCUT2D eigenvalue weighted by Gasteiger charge is -2.25. The fourth-order valence-electron chi connectivity index (χ4n) is 8.17. The number of benzene rings is 8. The van der Waals surface area contributed by atoms with E-state index in [1.165, 1.54) is 30.3 Å². The highest BCUT2D eigenvalue weighted by Crippen LogP contribution is 2.37. The zero-order chi connectivity index (χ0) is 53.6. The maximum atomic E-state index is 13.8. The first-order chi connectivity index (χ1) is 35.0. The van der Waals surface area contributed by atoms with Crippen molar-refractivity contribution < 1.29 is 53.1 Å². The van der Waals surface area contributed by atoms with Crippen molar-refractivity contribution in [2.24, 2.45) is 0 Å². The Morgan fingerprint density at radius 1 is 0.419 bits per heavy atom. The highest BCUT2D eigenvalue weighted by atomic mass is 32.2. The minimum absolute atomic E-state index is 0.0301. The second kappa shape index (κ2) is 22.4. The Morgan fingerprint density at radius 2 is 0.730 bits per heavy atom. The number of sulfonamides is 2. The number of aryl methyl sites for hydroxylation is 4. The molecule has 0 atom stereocenters. The molecule has 1 N–H and O–H groups in total. The fourth-order valence-corrected chi connectivity index (χ4v) is 13.8. The van der Waals surface area contributed by atoms with Crippen molar-refractivity contribution in [3.63, 3.8) is 0 Å². The third-order valence-corrected chi connectivity index (χ3v) is 19.0. The summed E-state index contributed by atoms with van der Waals surface area (Å²) in [5.74, 6) is -2.57. The monoisotopic (exact) mass is 1070 g/mol. The summed E-state index contributed by atoms with van der Waals surface area (Å²) in [6.45, 7) is 7.86. The molecule has 8 aromatic carbocycles. The topological polar surface area (TPSA) is 207 Å². The van der Waals surface area contributed by atoms with Crippen LogP contribution < -0.4 is 8.61 Å². The highest BCUT2D eigenvalue weighted by molar-refractivity contribution is 7.93. The lowest BCUT2D eigenvalue weighted by atomic mass is 10.0. The van der Waals surface area contributed by atoms with E-state index in [1.54, 1.807) is 146 Å². The number of fused-ring (bicyclic) bond motifs is 2. The van der Waals surface area contributed by atoms with E-state index in [4.69, 9.17) is 4.74 Å². The lowest BCUT2D eigenvalue weighted by Crippen LogP contribution is -2.36. The molecule has 8 aromatic rings. The molecule has 0 radical (unpaired) electrons. The summed E-state index contributed by atoms with van der Waals surface area (Å²) in [6.07, 6.45) is 0. The van der Waals surface area contributed by atoms with Crippen molar-refractivity contribution in [2.45, 2.75) is 65.7 Å². The van der Waals surface area contributed by atoms with Crippen molar-refractivity contribution in [3.05, 3.63) is 203 Å². The van der Waals surface area contributed by atoms with Crippen molar-refractivity contribution in [3.8, 4) is 0 Å². The Kier molecular flexibility index (Phi) is 16.5. The van der Waals surface area contributed by atoms with Crippen LogP contribution in [0.3, 0.4) is 0 Å². The quantitative estimate of drug-likeness (QED) is 0.0846. The number of carboxylic acids is 1. The highest BCUT2D eigenvalue weighted by Gasteiger charge is 2.31. The van der Waals surface area contributed by atoms with Crippen LogP contribution in [-0.2, 0) is 65.6 Å². The summed E-state index contributed by atoms with van der Waals surface area (Å²) in [4.78, 5) is 24.6. The molecule has 14 nitrogen and oxygen atoms in total. The third-order valence-electron chi connectivity index (χ3n) is 12.0. The van der Waals surface area contributed by atoms with Gasteiger partial charge in [-0.2, -0.15) is 0 Å². The van der Waals surface area contributed by atoms with E-state index in [0.717, 1.165) is 30.9 Å². The number of sulfone groups is 2. The van der Waals surface area contributed by atoms with E-state index in [2.05, 4.69) is 0 Å². The van der Waals surface area contributed by atoms with Gasteiger partial charge in [0, 0.05) is 10.8 Å². The molecule has 0 bridgehead atoms. The second-order valence-electron chi connectivity index (χ2n) is 17.6. The summed E-state index contributed by atoms with van der Waals surface area (Å²) in [5.41, 5.74) is 5.07. The van der Waals surface area contributed by atoms with E-state index in [9.17, 15) is 48.4 Å². The van der Waals surface area contributed by atoms with Crippen LogP contribution in [0.2, 0.25) is 0 Å². The van der Waals surface area contributed by atoms with Gasteiger partial charge in [-0.15, -0.1) is 0 Å². The molecule has 0 saturated heterocycles. The van der Waals surface area contributed by atoms with Crippen LogP contribution in [0.4, 0.5) is 11.4 Å². The Balaban J connectivity index is 0.000000217. The van der Waals surface area contributed by atoms with Gasteiger partial charge in [0.1, 0.15) is 13.1 Å². The number of ether oxygens (including phenoxy) is 1. The second-order valence-corrected chi connectivity index (χ2v) is 25.3. The van der Waals surface area contributed by atoms with Crippen LogP contribution >= 0.6 is 0 Å². The van der Waals surface area contributed by atoms with Crippen LogP contribution in [-0.4, -0.2) is 70.4 Å². The molecule has 8 rings (SSSR count). The first kappa shape index (κ1) is 54.4. The average Bonchev–Trinajstić information content (AvgIpc) is 3.36. The first-order valence-electron chi connectivity index (χ1n) is 23.2. The summed E-state index contributed by atoms with van der Waals surface area (Å²) in [5, 5.41) is 11.6. The summed E-state index contributed by atoms with van der Waals surface area (Å²) >= 11 is 0. The van der Waals surface area contributed by atoms with Gasteiger partial charge in [0.25, 0.3) is 20.0 Å². The van der Waals surface area contributed by atoms with E-state index >= 15 is 0 Å².